The lowest BCUT2D eigenvalue weighted by atomic mass is 10.4. The Morgan fingerprint density at radius 1 is 1.46 bits per heavy atom. The van der Waals surface area contributed by atoms with Gasteiger partial charge in [0.15, 0.2) is 5.65 Å². The molecule has 0 aromatic carbocycles. The van der Waals surface area contributed by atoms with Crippen LogP contribution in [0.25, 0.3) is 11.0 Å². The lowest BCUT2D eigenvalue weighted by molar-refractivity contribution is 0.946. The predicted octanol–water partition coefficient (Wildman–Crippen LogP) is 0.275. The van der Waals surface area contributed by atoms with Crippen LogP contribution in [-0.4, -0.2) is 19.9 Å². The second-order valence-corrected chi connectivity index (χ2v) is 2.61. The van der Waals surface area contributed by atoms with Crippen molar-refractivity contribution in [1.82, 2.24) is 19.9 Å². The average molecular weight is 176 g/mol. The normalized spacial score (nSPS) is 10.5. The highest BCUT2D eigenvalue weighted by Crippen LogP contribution is 2.00. The maximum Gasteiger partial charge on any atom is 0.261 e. The van der Waals surface area contributed by atoms with Gasteiger partial charge in [-0.3, -0.25) is 4.79 Å². The highest BCUT2D eigenvalue weighted by molar-refractivity contribution is 5.71. The van der Waals surface area contributed by atoms with Gasteiger partial charge in [-0.05, 0) is 0 Å². The van der Waals surface area contributed by atoms with Gasteiger partial charge in [0.1, 0.15) is 11.2 Å². The number of hydrogen-bond acceptors (Lipinski definition) is 4. The van der Waals surface area contributed by atoms with Gasteiger partial charge in [0, 0.05) is 12.6 Å². The van der Waals surface area contributed by atoms with Crippen molar-refractivity contribution in [3.8, 4) is 0 Å². The molecule has 0 saturated heterocycles. The molecule has 0 unspecified atom stereocenters. The van der Waals surface area contributed by atoms with Gasteiger partial charge in [0.2, 0.25) is 0 Å². The number of nitrogens with zero attached hydrogens (tertiary/aromatic N) is 3. The van der Waals surface area contributed by atoms with Gasteiger partial charge in [0.25, 0.3) is 5.56 Å². The molecule has 0 fully saturated rings. The van der Waals surface area contributed by atoms with E-state index in [1.807, 2.05) is 6.92 Å². The zero-order valence-electron chi connectivity index (χ0n) is 7.11. The van der Waals surface area contributed by atoms with Crippen LogP contribution in [0.4, 0.5) is 0 Å². The number of H-pyrrole nitrogens is 1. The lowest BCUT2D eigenvalue weighted by Gasteiger charge is -1.96. The van der Waals surface area contributed by atoms with Crippen LogP contribution in [-0.2, 0) is 6.42 Å². The van der Waals surface area contributed by atoms with Crippen molar-refractivity contribution in [3.63, 3.8) is 0 Å². The van der Waals surface area contributed by atoms with Crippen LogP contribution in [0.15, 0.2) is 17.3 Å². The lowest BCUT2D eigenvalue weighted by Crippen LogP contribution is -2.08. The first-order valence-corrected chi connectivity index (χ1v) is 4.00. The first-order chi connectivity index (χ1) is 6.31. The minimum Gasteiger partial charge on any atom is -0.312 e. The van der Waals surface area contributed by atoms with E-state index >= 15 is 0 Å². The highest BCUT2D eigenvalue weighted by atomic mass is 16.1. The zero-order valence-corrected chi connectivity index (χ0v) is 7.11. The standard InChI is InChI=1S/C8H8N4O/c1-2-6-9-3-5-7(12-6)10-4-11-8(5)13/h3-4H,2H2,1H3,(H,9,10,11,12,13). The van der Waals surface area contributed by atoms with Gasteiger partial charge < -0.3 is 4.98 Å². The SMILES string of the molecule is CCc1ncc2c(=O)[nH]cnc2n1. The smallest absolute Gasteiger partial charge is 0.261 e. The number of nitrogens with one attached hydrogen (secondary N) is 1. The van der Waals surface area contributed by atoms with E-state index in [4.69, 9.17) is 0 Å². The maximum absolute atomic E-state index is 11.2. The summed E-state index contributed by atoms with van der Waals surface area (Å²) in [4.78, 5) is 25.7. The summed E-state index contributed by atoms with van der Waals surface area (Å²) in [5.74, 6) is 0.700. The third-order valence-electron chi connectivity index (χ3n) is 1.76. The summed E-state index contributed by atoms with van der Waals surface area (Å²) in [5, 5.41) is 0.430. The molecule has 0 radical (unpaired) electrons. The molecule has 0 aliphatic heterocycles. The molecule has 0 bridgehead atoms. The molecule has 2 aromatic rings. The first-order valence-electron chi connectivity index (χ1n) is 4.00. The maximum atomic E-state index is 11.2. The fourth-order valence-electron chi connectivity index (χ4n) is 1.07. The van der Waals surface area contributed by atoms with Crippen LogP contribution in [0, 0.1) is 0 Å². The molecule has 0 atom stereocenters. The van der Waals surface area contributed by atoms with Crippen LogP contribution < -0.4 is 5.56 Å². The fourth-order valence-corrected chi connectivity index (χ4v) is 1.07. The third-order valence-corrected chi connectivity index (χ3v) is 1.76. The van der Waals surface area contributed by atoms with E-state index in [2.05, 4.69) is 19.9 Å². The molecule has 0 aliphatic rings. The molecule has 2 aromatic heterocycles. The summed E-state index contributed by atoms with van der Waals surface area (Å²) in [7, 11) is 0. The van der Waals surface area contributed by atoms with E-state index in [-0.39, 0.29) is 5.56 Å². The largest absolute Gasteiger partial charge is 0.312 e. The summed E-state index contributed by atoms with van der Waals surface area (Å²) in [6.45, 7) is 1.95. The predicted molar refractivity (Wildman–Crippen MR) is 47.3 cm³/mol. The second-order valence-electron chi connectivity index (χ2n) is 2.61. The van der Waals surface area contributed by atoms with E-state index in [9.17, 15) is 4.79 Å². The Morgan fingerprint density at radius 3 is 3.08 bits per heavy atom. The van der Waals surface area contributed by atoms with Gasteiger partial charge in [-0.15, -0.1) is 0 Å². The molecule has 0 amide bonds. The van der Waals surface area contributed by atoms with Crippen LogP contribution in [0.5, 0.6) is 0 Å². The highest BCUT2D eigenvalue weighted by Gasteiger charge is 2.01. The monoisotopic (exact) mass is 176 g/mol. The molecule has 1 N–H and O–H groups in total. The number of aromatic nitrogens is 4. The molecule has 0 aliphatic carbocycles. The minimum atomic E-state index is -0.201. The molecular weight excluding hydrogens is 168 g/mol. The van der Waals surface area contributed by atoms with E-state index < -0.39 is 0 Å². The number of aryl methyl sites for hydroxylation is 1. The van der Waals surface area contributed by atoms with E-state index in [1.165, 1.54) is 12.5 Å². The Morgan fingerprint density at radius 2 is 2.31 bits per heavy atom. The number of fused-ring (bicyclic) bond motifs is 1. The summed E-state index contributed by atoms with van der Waals surface area (Å²) in [6, 6.07) is 0. The molecule has 0 spiro atoms. The van der Waals surface area contributed by atoms with Crippen molar-refractivity contribution in [2.75, 3.05) is 0 Å². The van der Waals surface area contributed by atoms with Gasteiger partial charge in [-0.2, -0.15) is 0 Å². The van der Waals surface area contributed by atoms with Crippen LogP contribution in [0.3, 0.4) is 0 Å². The number of rotatable bonds is 1. The molecular formula is C8H8N4O. The molecule has 5 heteroatoms. The number of hydrogen-bond donors (Lipinski definition) is 1. The number of aromatic amines is 1. The summed E-state index contributed by atoms with van der Waals surface area (Å²) >= 11 is 0. The molecule has 5 nitrogen and oxygen atoms in total. The van der Waals surface area contributed by atoms with Gasteiger partial charge in [0.05, 0.1) is 6.33 Å². The van der Waals surface area contributed by atoms with Gasteiger partial charge in [-0.25, -0.2) is 15.0 Å². The first kappa shape index (κ1) is 7.85. The van der Waals surface area contributed by atoms with Crippen molar-refractivity contribution in [1.29, 1.82) is 0 Å². The van der Waals surface area contributed by atoms with Crippen molar-refractivity contribution in [3.05, 3.63) is 28.7 Å². The molecule has 13 heavy (non-hydrogen) atoms. The topological polar surface area (TPSA) is 71.5 Å². The van der Waals surface area contributed by atoms with Crippen LogP contribution >= 0.6 is 0 Å². The second kappa shape index (κ2) is 2.93. The van der Waals surface area contributed by atoms with E-state index in [1.54, 1.807) is 0 Å². The Hall–Kier alpha value is -1.78. The van der Waals surface area contributed by atoms with Crippen molar-refractivity contribution < 1.29 is 0 Å². The summed E-state index contributed by atoms with van der Waals surface area (Å²) in [6.07, 6.45) is 3.59. The van der Waals surface area contributed by atoms with Crippen LogP contribution in [0.1, 0.15) is 12.7 Å². The zero-order chi connectivity index (χ0) is 9.26. The minimum absolute atomic E-state index is 0.201. The molecule has 2 heterocycles. The van der Waals surface area contributed by atoms with E-state index in [0.717, 1.165) is 6.42 Å². The van der Waals surface area contributed by atoms with Crippen molar-refractivity contribution in [2.24, 2.45) is 0 Å². The average Bonchev–Trinajstić information content (AvgIpc) is 2.18. The molecule has 66 valence electrons. The Kier molecular flexibility index (Phi) is 1.77. The van der Waals surface area contributed by atoms with Gasteiger partial charge >= 0.3 is 0 Å². The Bertz CT molecular complexity index is 491. The summed E-state index contributed by atoms with van der Waals surface area (Å²) in [5.41, 5.74) is 0.253. The van der Waals surface area contributed by atoms with E-state index in [0.29, 0.717) is 16.9 Å². The molecule has 2 rings (SSSR count). The van der Waals surface area contributed by atoms with Crippen molar-refractivity contribution in [2.45, 2.75) is 13.3 Å². The van der Waals surface area contributed by atoms with Gasteiger partial charge in [-0.1, -0.05) is 6.92 Å². The fraction of sp³-hybridized carbons (Fsp3) is 0.250. The van der Waals surface area contributed by atoms with Crippen molar-refractivity contribution >= 4 is 11.0 Å². The Balaban J connectivity index is 2.80. The van der Waals surface area contributed by atoms with Crippen LogP contribution in [0.2, 0.25) is 0 Å². The molecule has 0 saturated carbocycles. The Labute approximate surface area is 73.9 Å². The quantitative estimate of drug-likeness (QED) is 0.677. The third kappa shape index (κ3) is 1.28. The summed E-state index contributed by atoms with van der Waals surface area (Å²) < 4.78 is 0.